The van der Waals surface area contributed by atoms with Crippen molar-refractivity contribution in [2.75, 3.05) is 7.11 Å². The van der Waals surface area contributed by atoms with Crippen LogP contribution in [-0.4, -0.2) is 20.1 Å². The molecule has 6 heteroatoms. The molecule has 0 aliphatic heterocycles. The zero-order valence-electron chi connectivity index (χ0n) is 15.9. The van der Waals surface area contributed by atoms with Gasteiger partial charge in [-0.1, -0.05) is 33.8 Å². The zero-order valence-corrected chi connectivity index (χ0v) is 18.7. The Kier molecular flexibility index (Phi) is 7.96. The van der Waals surface area contributed by atoms with Crippen molar-refractivity contribution < 1.29 is 47.3 Å². The van der Waals surface area contributed by atoms with Crippen LogP contribution < -0.4 is 34.3 Å². The van der Waals surface area contributed by atoms with E-state index in [1.807, 2.05) is 52.0 Å². The van der Waals surface area contributed by atoms with Crippen molar-refractivity contribution in [1.82, 2.24) is 0 Å². The molecule has 0 fully saturated rings. The summed E-state index contributed by atoms with van der Waals surface area (Å²) in [6.45, 7) is 8.07. The molecule has 0 aromatic carbocycles. The first-order chi connectivity index (χ1) is 11.2. The summed E-state index contributed by atoms with van der Waals surface area (Å²) in [4.78, 5) is -0.0809. The monoisotopic (exact) mass is 372 g/mol. The molecule has 0 bridgehead atoms. The molecule has 0 atom stereocenters. The Labute approximate surface area is 173 Å². The number of fused-ring (bicyclic) bond motifs is 1. The van der Waals surface area contributed by atoms with Gasteiger partial charge in [-0.3, -0.25) is 0 Å². The third kappa shape index (κ3) is 4.58. The summed E-state index contributed by atoms with van der Waals surface area (Å²) in [5.74, 6) is 0.826. The molecule has 4 nitrogen and oxygen atoms in total. The molecule has 0 N–H and O–H groups in total. The molecule has 0 amide bonds. The summed E-state index contributed by atoms with van der Waals surface area (Å²) in [7, 11) is -3.03. The summed E-state index contributed by atoms with van der Waals surface area (Å²) in [5, 5.41) is 0. The van der Waals surface area contributed by atoms with E-state index in [0.29, 0.717) is 22.4 Å². The standard InChI is InChI=1S/C19H26O4S.Na/c1-6-13(7-2)15-11-16-17(19(15)24(20,21)22)10-14(12(3)4)8-9-18(16)23-5;/h8-13H,6-7H2,1-5H3,(H,20,21,22);/q;+1/p-1. The molecule has 0 unspecified atom stereocenters. The van der Waals surface area contributed by atoms with Gasteiger partial charge in [0.25, 0.3) is 0 Å². The molecule has 25 heavy (non-hydrogen) atoms. The Morgan fingerprint density at radius 1 is 1.08 bits per heavy atom. The second-order valence-electron chi connectivity index (χ2n) is 6.42. The molecule has 2 aliphatic rings. The maximum atomic E-state index is 12.1. The van der Waals surface area contributed by atoms with E-state index in [-0.39, 0.29) is 46.3 Å². The summed E-state index contributed by atoms with van der Waals surface area (Å²) >= 11 is 0. The third-order valence-electron chi connectivity index (χ3n) is 4.66. The van der Waals surface area contributed by atoms with Crippen molar-refractivity contribution >= 4 is 10.1 Å². The first-order valence-electron chi connectivity index (χ1n) is 8.34. The first kappa shape index (κ1) is 22.5. The number of methoxy groups -OCH3 is 1. The largest absolute Gasteiger partial charge is 1.00 e. The molecule has 0 spiro atoms. The number of rotatable bonds is 6. The summed E-state index contributed by atoms with van der Waals surface area (Å²) in [5.41, 5.74) is 2.73. The van der Waals surface area contributed by atoms with Crippen LogP contribution in [0.1, 0.15) is 63.5 Å². The van der Waals surface area contributed by atoms with E-state index in [0.717, 1.165) is 18.4 Å². The van der Waals surface area contributed by atoms with Crippen molar-refractivity contribution in [3.05, 3.63) is 35.4 Å². The van der Waals surface area contributed by atoms with Crippen LogP contribution in [0, 0.1) is 0 Å². The van der Waals surface area contributed by atoms with E-state index in [2.05, 4.69) is 0 Å². The van der Waals surface area contributed by atoms with E-state index in [4.69, 9.17) is 4.74 Å². The Bertz CT molecular complexity index is 796. The van der Waals surface area contributed by atoms with E-state index in [1.54, 1.807) is 7.11 Å². The summed E-state index contributed by atoms with van der Waals surface area (Å²) < 4.78 is 41.6. The minimum Gasteiger partial charge on any atom is -0.744 e. The Morgan fingerprint density at radius 2 is 1.68 bits per heavy atom. The van der Waals surface area contributed by atoms with Crippen molar-refractivity contribution in [3.8, 4) is 16.9 Å². The van der Waals surface area contributed by atoms with Crippen LogP contribution in [0.4, 0.5) is 0 Å². The van der Waals surface area contributed by atoms with Crippen LogP contribution in [0.2, 0.25) is 0 Å². The van der Waals surface area contributed by atoms with Crippen LogP contribution in [-0.2, 0) is 10.1 Å². The maximum absolute atomic E-state index is 12.1. The average molecular weight is 372 g/mol. The Morgan fingerprint density at radius 3 is 2.12 bits per heavy atom. The predicted molar refractivity (Wildman–Crippen MR) is 95.0 cm³/mol. The van der Waals surface area contributed by atoms with Gasteiger partial charge < -0.3 is 9.29 Å². The van der Waals surface area contributed by atoms with Gasteiger partial charge in [0.1, 0.15) is 15.9 Å². The molecule has 0 heterocycles. The molecule has 0 aromatic heterocycles. The fourth-order valence-electron chi connectivity index (χ4n) is 3.25. The number of ether oxygens (including phenoxy) is 1. The quantitative estimate of drug-likeness (QED) is 0.572. The first-order valence-corrected chi connectivity index (χ1v) is 9.75. The molecule has 2 aliphatic carbocycles. The van der Waals surface area contributed by atoms with Crippen LogP contribution in [0.5, 0.6) is 5.75 Å². The Hall–Kier alpha value is -0.590. The SMILES string of the molecule is CCC(CC)c1cc2c(OC)ccc(C(C)C)cc-2c1S(=O)(=O)[O-].[Na+]. The number of hydrogen-bond donors (Lipinski definition) is 0. The van der Waals surface area contributed by atoms with Crippen molar-refractivity contribution in [2.45, 2.75) is 57.3 Å². The van der Waals surface area contributed by atoms with Crippen LogP contribution >= 0.6 is 0 Å². The van der Waals surface area contributed by atoms with Gasteiger partial charge in [-0.25, -0.2) is 8.42 Å². The maximum Gasteiger partial charge on any atom is 1.00 e. The minimum absolute atomic E-state index is 0. The molecule has 0 saturated carbocycles. The molecule has 2 rings (SSSR count). The van der Waals surface area contributed by atoms with Gasteiger partial charge in [-0.2, -0.15) is 0 Å². The normalized spacial score (nSPS) is 11.8. The number of hydrogen-bond acceptors (Lipinski definition) is 4. The van der Waals surface area contributed by atoms with Crippen molar-refractivity contribution in [2.24, 2.45) is 0 Å². The molecule has 0 aromatic rings. The van der Waals surface area contributed by atoms with Crippen molar-refractivity contribution in [1.29, 1.82) is 0 Å². The van der Waals surface area contributed by atoms with Crippen molar-refractivity contribution in [3.63, 3.8) is 0 Å². The van der Waals surface area contributed by atoms with E-state index >= 15 is 0 Å². The van der Waals surface area contributed by atoms with Gasteiger partial charge in [-0.05, 0) is 54.0 Å². The Balaban J connectivity index is 0.00000312. The van der Waals surface area contributed by atoms with Gasteiger partial charge in [0.05, 0.1) is 12.0 Å². The van der Waals surface area contributed by atoms with E-state index in [1.165, 1.54) is 0 Å². The third-order valence-corrected chi connectivity index (χ3v) is 5.62. The molecule has 132 valence electrons. The second kappa shape index (κ2) is 8.87. The van der Waals surface area contributed by atoms with E-state index < -0.39 is 10.1 Å². The molecule has 0 saturated heterocycles. The molecular weight excluding hydrogens is 347 g/mol. The fourth-order valence-corrected chi connectivity index (χ4v) is 4.20. The predicted octanol–water partition coefficient (Wildman–Crippen LogP) is 1.74. The van der Waals surface area contributed by atoms with Gasteiger partial charge in [0, 0.05) is 11.1 Å². The van der Waals surface area contributed by atoms with Crippen LogP contribution in [0.15, 0.2) is 29.2 Å². The fraction of sp³-hybridized carbons (Fsp3) is 0.474. The van der Waals surface area contributed by atoms with Crippen LogP contribution in [0.25, 0.3) is 11.1 Å². The molecule has 0 radical (unpaired) electrons. The smallest absolute Gasteiger partial charge is 0.744 e. The van der Waals surface area contributed by atoms with Crippen LogP contribution in [0.3, 0.4) is 0 Å². The zero-order chi connectivity index (χ0) is 18.1. The van der Waals surface area contributed by atoms with Gasteiger partial charge in [0.2, 0.25) is 0 Å². The van der Waals surface area contributed by atoms with Gasteiger partial charge >= 0.3 is 29.6 Å². The minimum atomic E-state index is -4.59. The summed E-state index contributed by atoms with van der Waals surface area (Å²) in [6.07, 6.45) is 1.56. The van der Waals surface area contributed by atoms with E-state index in [9.17, 15) is 13.0 Å². The van der Waals surface area contributed by atoms with Gasteiger partial charge in [-0.15, -0.1) is 0 Å². The molecular formula is C19H25NaO4S. The van der Waals surface area contributed by atoms with Gasteiger partial charge in [0.15, 0.2) is 0 Å². The topological polar surface area (TPSA) is 66.4 Å². The second-order valence-corrected chi connectivity index (χ2v) is 7.74. The summed E-state index contributed by atoms with van der Waals surface area (Å²) in [6, 6.07) is 7.40. The average Bonchev–Trinajstić information content (AvgIpc) is 2.77.